The highest BCUT2D eigenvalue weighted by Crippen LogP contribution is 2.24. The zero-order valence-corrected chi connectivity index (χ0v) is 11.8. The molecule has 1 aliphatic heterocycles. The number of nitrogens with one attached hydrogen (secondary N) is 1. The highest BCUT2D eigenvalue weighted by molar-refractivity contribution is 9.10. The molecule has 98 valence electrons. The predicted octanol–water partition coefficient (Wildman–Crippen LogP) is 2.30. The molecule has 1 amide bonds. The average Bonchev–Trinajstić information content (AvgIpc) is 2.80. The molecule has 0 spiro atoms. The fraction of sp³-hybridized carbons (Fsp3) is 0.462. The second kappa shape index (κ2) is 5.80. The third kappa shape index (κ3) is 2.90. The summed E-state index contributed by atoms with van der Waals surface area (Å²) in [6, 6.07) is 4.61. The second-order valence-corrected chi connectivity index (χ2v) is 5.33. The van der Waals surface area contributed by atoms with E-state index < -0.39 is 0 Å². The Labute approximate surface area is 114 Å². The second-order valence-electron chi connectivity index (χ2n) is 4.48. The molecule has 1 heterocycles. The van der Waals surface area contributed by atoms with Crippen molar-refractivity contribution in [2.75, 3.05) is 13.6 Å². The van der Waals surface area contributed by atoms with Gasteiger partial charge in [-0.25, -0.2) is 4.39 Å². The number of hydrogen-bond donors (Lipinski definition) is 1. The summed E-state index contributed by atoms with van der Waals surface area (Å²) >= 11 is 3.36. The molecule has 0 saturated carbocycles. The molecular weight excluding hydrogens is 299 g/mol. The lowest BCUT2D eigenvalue weighted by molar-refractivity contribution is -0.125. The van der Waals surface area contributed by atoms with Gasteiger partial charge in [-0.05, 0) is 37.1 Å². The normalized spacial score (nSPS) is 20.1. The van der Waals surface area contributed by atoms with Gasteiger partial charge in [-0.3, -0.25) is 9.69 Å². The Hall–Kier alpha value is -0.940. The molecule has 1 atom stereocenters. The molecule has 2 rings (SSSR count). The van der Waals surface area contributed by atoms with Crippen molar-refractivity contribution in [1.82, 2.24) is 10.2 Å². The van der Waals surface area contributed by atoms with Crippen LogP contribution >= 0.6 is 15.9 Å². The summed E-state index contributed by atoms with van der Waals surface area (Å²) in [5, 5.41) is 2.69. The average molecular weight is 315 g/mol. The first kappa shape index (κ1) is 13.5. The Bertz CT molecular complexity index is 453. The third-order valence-electron chi connectivity index (χ3n) is 3.30. The maximum Gasteiger partial charge on any atom is 0.237 e. The smallest absolute Gasteiger partial charge is 0.237 e. The quantitative estimate of drug-likeness (QED) is 0.928. The van der Waals surface area contributed by atoms with E-state index >= 15 is 0 Å². The van der Waals surface area contributed by atoms with Gasteiger partial charge in [-0.2, -0.15) is 0 Å². The monoisotopic (exact) mass is 314 g/mol. The van der Waals surface area contributed by atoms with Crippen LogP contribution < -0.4 is 5.32 Å². The van der Waals surface area contributed by atoms with E-state index in [1.165, 1.54) is 12.1 Å². The van der Waals surface area contributed by atoms with E-state index in [1.807, 2.05) is 0 Å². The van der Waals surface area contributed by atoms with E-state index in [-0.39, 0.29) is 17.8 Å². The van der Waals surface area contributed by atoms with Gasteiger partial charge in [0.25, 0.3) is 0 Å². The molecular formula is C13H16BrFN2O. The van der Waals surface area contributed by atoms with Gasteiger partial charge in [0.1, 0.15) is 5.82 Å². The van der Waals surface area contributed by atoms with Gasteiger partial charge in [0.05, 0.1) is 6.04 Å². The van der Waals surface area contributed by atoms with Gasteiger partial charge in [0.15, 0.2) is 0 Å². The fourth-order valence-electron chi connectivity index (χ4n) is 2.35. The van der Waals surface area contributed by atoms with E-state index in [9.17, 15) is 9.18 Å². The van der Waals surface area contributed by atoms with Crippen molar-refractivity contribution < 1.29 is 9.18 Å². The largest absolute Gasteiger partial charge is 0.358 e. The lowest BCUT2D eigenvalue weighted by atomic mass is 10.1. The zero-order chi connectivity index (χ0) is 13.1. The highest BCUT2D eigenvalue weighted by atomic mass is 79.9. The molecule has 1 saturated heterocycles. The van der Waals surface area contributed by atoms with Crippen molar-refractivity contribution in [1.29, 1.82) is 0 Å². The van der Waals surface area contributed by atoms with Crippen LogP contribution in [0.3, 0.4) is 0 Å². The molecule has 1 aromatic carbocycles. The number of likely N-dealkylation sites (tertiary alicyclic amines) is 1. The van der Waals surface area contributed by atoms with Crippen molar-refractivity contribution in [3.05, 3.63) is 34.1 Å². The molecule has 3 nitrogen and oxygen atoms in total. The molecule has 1 N–H and O–H groups in total. The number of carbonyl (C=O) groups is 1. The van der Waals surface area contributed by atoms with Gasteiger partial charge in [0, 0.05) is 18.1 Å². The van der Waals surface area contributed by atoms with E-state index in [2.05, 4.69) is 26.1 Å². The van der Waals surface area contributed by atoms with Crippen LogP contribution in [0.15, 0.2) is 22.7 Å². The maximum absolute atomic E-state index is 13.0. The van der Waals surface area contributed by atoms with Crippen molar-refractivity contribution in [2.45, 2.75) is 25.4 Å². The number of halogens is 2. The minimum absolute atomic E-state index is 0.0609. The molecule has 1 aliphatic rings. The number of benzene rings is 1. The maximum atomic E-state index is 13.0. The van der Waals surface area contributed by atoms with Crippen molar-refractivity contribution in [2.24, 2.45) is 0 Å². The number of carbonyl (C=O) groups excluding carboxylic acids is 1. The van der Waals surface area contributed by atoms with Crippen LogP contribution in [-0.4, -0.2) is 30.4 Å². The first-order chi connectivity index (χ1) is 8.61. The molecule has 0 bridgehead atoms. The molecule has 0 aliphatic carbocycles. The van der Waals surface area contributed by atoms with E-state index in [1.54, 1.807) is 13.1 Å². The summed E-state index contributed by atoms with van der Waals surface area (Å²) in [4.78, 5) is 13.9. The van der Waals surface area contributed by atoms with Crippen molar-refractivity contribution >= 4 is 21.8 Å². The summed E-state index contributed by atoms with van der Waals surface area (Å²) < 4.78 is 13.8. The van der Waals surface area contributed by atoms with Crippen LogP contribution in [0.2, 0.25) is 0 Å². The Morgan fingerprint density at radius 2 is 2.39 bits per heavy atom. The number of amides is 1. The molecule has 5 heteroatoms. The van der Waals surface area contributed by atoms with Gasteiger partial charge >= 0.3 is 0 Å². The molecule has 1 fully saturated rings. The van der Waals surface area contributed by atoms with Crippen LogP contribution in [0.1, 0.15) is 18.4 Å². The molecule has 1 unspecified atom stereocenters. The summed E-state index contributed by atoms with van der Waals surface area (Å²) in [5.74, 6) is -0.194. The predicted molar refractivity (Wildman–Crippen MR) is 71.6 cm³/mol. The summed E-state index contributed by atoms with van der Waals surface area (Å²) in [7, 11) is 1.66. The van der Waals surface area contributed by atoms with Crippen LogP contribution in [0.5, 0.6) is 0 Å². The van der Waals surface area contributed by atoms with Crippen molar-refractivity contribution in [3.8, 4) is 0 Å². The van der Waals surface area contributed by atoms with Gasteiger partial charge in [-0.15, -0.1) is 0 Å². The summed E-state index contributed by atoms with van der Waals surface area (Å²) in [5.41, 5.74) is 1.01. The topological polar surface area (TPSA) is 32.3 Å². The first-order valence-electron chi connectivity index (χ1n) is 6.01. The molecule has 18 heavy (non-hydrogen) atoms. The fourth-order valence-corrected chi connectivity index (χ4v) is 2.82. The van der Waals surface area contributed by atoms with Crippen LogP contribution in [0.25, 0.3) is 0 Å². The van der Waals surface area contributed by atoms with Gasteiger partial charge in [-0.1, -0.05) is 22.0 Å². The summed E-state index contributed by atoms with van der Waals surface area (Å²) in [6.45, 7) is 1.57. The standard InChI is InChI=1S/C13H16BrFN2O/c1-16-13(18)12-3-2-6-17(12)8-9-4-5-10(15)7-11(9)14/h4-5,7,12H,2-3,6,8H2,1H3,(H,16,18). The Morgan fingerprint density at radius 3 is 3.06 bits per heavy atom. The molecule has 0 aromatic heterocycles. The van der Waals surface area contributed by atoms with Crippen molar-refractivity contribution in [3.63, 3.8) is 0 Å². The number of nitrogens with zero attached hydrogens (tertiary/aromatic N) is 1. The third-order valence-corrected chi connectivity index (χ3v) is 4.04. The SMILES string of the molecule is CNC(=O)C1CCCN1Cc1ccc(F)cc1Br. The number of rotatable bonds is 3. The van der Waals surface area contributed by atoms with Crippen LogP contribution in [0.4, 0.5) is 4.39 Å². The van der Waals surface area contributed by atoms with E-state index in [0.29, 0.717) is 6.54 Å². The lowest BCUT2D eigenvalue weighted by Gasteiger charge is -2.23. The lowest BCUT2D eigenvalue weighted by Crippen LogP contribution is -2.41. The van der Waals surface area contributed by atoms with Gasteiger partial charge < -0.3 is 5.32 Å². The van der Waals surface area contributed by atoms with Crippen LogP contribution in [0, 0.1) is 5.82 Å². The molecule has 1 aromatic rings. The van der Waals surface area contributed by atoms with Crippen LogP contribution in [-0.2, 0) is 11.3 Å². The highest BCUT2D eigenvalue weighted by Gasteiger charge is 2.30. The summed E-state index contributed by atoms with van der Waals surface area (Å²) in [6.07, 6.45) is 1.91. The minimum atomic E-state index is -0.255. The van der Waals surface area contributed by atoms with E-state index in [4.69, 9.17) is 0 Å². The number of likely N-dealkylation sites (N-methyl/N-ethyl adjacent to an activating group) is 1. The Kier molecular flexibility index (Phi) is 4.35. The first-order valence-corrected chi connectivity index (χ1v) is 6.80. The number of hydrogen-bond acceptors (Lipinski definition) is 2. The molecule has 0 radical (unpaired) electrons. The zero-order valence-electron chi connectivity index (χ0n) is 10.2. The minimum Gasteiger partial charge on any atom is -0.358 e. The van der Waals surface area contributed by atoms with E-state index in [0.717, 1.165) is 29.4 Å². The van der Waals surface area contributed by atoms with Gasteiger partial charge in [0.2, 0.25) is 5.91 Å². The Morgan fingerprint density at radius 1 is 1.61 bits per heavy atom. The Balaban J connectivity index is 2.10.